The molecule has 0 saturated carbocycles. The molecule has 1 aromatic rings. The highest BCUT2D eigenvalue weighted by Gasteiger charge is 1.99. The number of allylic oxidation sites excluding steroid dienone is 3. The maximum absolute atomic E-state index is 4.08. The van der Waals surface area contributed by atoms with Gasteiger partial charge in [0.15, 0.2) is 0 Å². The Balaban J connectivity index is 2.08. The van der Waals surface area contributed by atoms with Crippen molar-refractivity contribution in [2.45, 2.75) is 18.2 Å². The average Bonchev–Trinajstić information content (AvgIpc) is 2.50. The molecule has 2 rings (SSSR count). The third kappa shape index (κ3) is 3.10. The molecule has 1 aliphatic rings. The highest BCUT2D eigenvalue weighted by atomic mass is 32.2. The van der Waals surface area contributed by atoms with Crippen LogP contribution in [-0.2, 0) is 0 Å². The summed E-state index contributed by atoms with van der Waals surface area (Å²) < 4.78 is 0. The molecule has 0 fully saturated rings. The molecule has 0 radical (unpaired) electrons. The van der Waals surface area contributed by atoms with Gasteiger partial charge in [-0.15, -0.1) is 0 Å². The quantitative estimate of drug-likeness (QED) is 0.727. The average molecular weight is 215 g/mol. The first-order valence-electron chi connectivity index (χ1n) is 4.96. The van der Waals surface area contributed by atoms with Crippen LogP contribution in [0.5, 0.6) is 0 Å². The van der Waals surface area contributed by atoms with Crippen LogP contribution in [0.1, 0.15) is 12.0 Å². The third-order valence-electron chi connectivity index (χ3n) is 2.13. The van der Waals surface area contributed by atoms with Gasteiger partial charge in [-0.2, -0.15) is 0 Å². The number of thioether (sulfide) groups is 1. The number of aryl methyl sites for hydroxylation is 1. The van der Waals surface area contributed by atoms with Crippen molar-refractivity contribution in [2.24, 2.45) is 4.99 Å². The van der Waals surface area contributed by atoms with Gasteiger partial charge < -0.3 is 0 Å². The molecule has 0 aliphatic carbocycles. The summed E-state index contributed by atoms with van der Waals surface area (Å²) in [6.07, 6.45) is 8.82. The monoisotopic (exact) mass is 215 g/mol. The molecule has 2 heteroatoms. The Labute approximate surface area is 94.6 Å². The molecular formula is C13H13NS. The third-order valence-corrected chi connectivity index (χ3v) is 3.20. The lowest BCUT2D eigenvalue weighted by Crippen LogP contribution is -1.77. The van der Waals surface area contributed by atoms with E-state index in [0.29, 0.717) is 0 Å². The van der Waals surface area contributed by atoms with Crippen LogP contribution in [0.2, 0.25) is 0 Å². The Kier molecular flexibility index (Phi) is 3.41. The zero-order chi connectivity index (χ0) is 10.5. The molecule has 0 saturated heterocycles. The molecule has 0 amide bonds. The zero-order valence-electron chi connectivity index (χ0n) is 8.68. The molecule has 0 spiro atoms. The van der Waals surface area contributed by atoms with Crippen LogP contribution in [0, 0.1) is 6.92 Å². The highest BCUT2D eigenvalue weighted by molar-refractivity contribution is 8.03. The van der Waals surface area contributed by atoms with E-state index in [0.717, 1.165) is 6.42 Å². The molecular weight excluding hydrogens is 202 g/mol. The van der Waals surface area contributed by atoms with Crippen molar-refractivity contribution in [3.05, 3.63) is 53.1 Å². The van der Waals surface area contributed by atoms with Gasteiger partial charge in [0.25, 0.3) is 0 Å². The van der Waals surface area contributed by atoms with Crippen LogP contribution in [0.15, 0.2) is 57.4 Å². The SMILES string of the molecule is Cc1ccc(SC2=CC=NC=CC2)cc1. The minimum atomic E-state index is 0.971. The van der Waals surface area contributed by atoms with E-state index >= 15 is 0 Å². The second kappa shape index (κ2) is 4.99. The van der Waals surface area contributed by atoms with E-state index in [9.17, 15) is 0 Å². The molecule has 15 heavy (non-hydrogen) atoms. The molecule has 0 bridgehead atoms. The van der Waals surface area contributed by atoms with E-state index in [1.165, 1.54) is 15.4 Å². The second-order valence-corrected chi connectivity index (χ2v) is 4.64. The number of aliphatic imine (C=N–C) groups is 1. The summed E-state index contributed by atoms with van der Waals surface area (Å²) >= 11 is 1.81. The first kappa shape index (κ1) is 10.2. The summed E-state index contributed by atoms with van der Waals surface area (Å²) in [4.78, 5) is 6.70. The standard InChI is InChI=1S/C13H13NS/c1-11-4-6-13(7-5-11)15-12-3-2-9-14-10-8-12/h2,4-10H,3H2,1H3. The van der Waals surface area contributed by atoms with Gasteiger partial charge in [0.2, 0.25) is 0 Å². The molecule has 0 N–H and O–H groups in total. The molecule has 76 valence electrons. The van der Waals surface area contributed by atoms with Crippen LogP contribution in [0.3, 0.4) is 0 Å². The van der Waals surface area contributed by atoms with Crippen molar-refractivity contribution in [3.63, 3.8) is 0 Å². The van der Waals surface area contributed by atoms with Crippen LogP contribution in [0.25, 0.3) is 0 Å². The van der Waals surface area contributed by atoms with Crippen molar-refractivity contribution >= 4 is 18.0 Å². The van der Waals surface area contributed by atoms with Gasteiger partial charge in [-0.05, 0) is 36.5 Å². The summed E-state index contributed by atoms with van der Waals surface area (Å²) in [5, 5.41) is 0. The molecule has 0 unspecified atom stereocenters. The number of benzene rings is 1. The molecule has 1 nitrogen and oxygen atoms in total. The van der Waals surface area contributed by atoms with E-state index in [-0.39, 0.29) is 0 Å². The molecule has 1 heterocycles. The van der Waals surface area contributed by atoms with Gasteiger partial charge >= 0.3 is 0 Å². The largest absolute Gasteiger partial charge is 0.265 e. The van der Waals surface area contributed by atoms with E-state index in [2.05, 4.69) is 48.3 Å². The lowest BCUT2D eigenvalue weighted by molar-refractivity contribution is 1.34. The van der Waals surface area contributed by atoms with Crippen LogP contribution >= 0.6 is 11.8 Å². The first-order chi connectivity index (χ1) is 7.34. The zero-order valence-corrected chi connectivity index (χ0v) is 9.50. The fraction of sp³-hybridized carbons (Fsp3) is 0.154. The smallest absolute Gasteiger partial charge is 0.0275 e. The Morgan fingerprint density at radius 2 is 2.00 bits per heavy atom. The summed E-state index contributed by atoms with van der Waals surface area (Å²) in [5.41, 5.74) is 1.30. The van der Waals surface area contributed by atoms with Gasteiger partial charge in [-0.1, -0.05) is 35.5 Å². The molecule has 1 aromatic carbocycles. The Hall–Kier alpha value is -1.28. The van der Waals surface area contributed by atoms with Gasteiger partial charge in [-0.3, -0.25) is 4.99 Å². The molecule has 0 aromatic heterocycles. The number of hydrogen-bond acceptors (Lipinski definition) is 2. The van der Waals surface area contributed by atoms with Crippen molar-refractivity contribution in [1.29, 1.82) is 0 Å². The minimum absolute atomic E-state index is 0.971. The highest BCUT2D eigenvalue weighted by Crippen LogP contribution is 2.29. The lowest BCUT2D eigenvalue weighted by atomic mass is 10.2. The van der Waals surface area contributed by atoms with E-state index in [4.69, 9.17) is 0 Å². The topological polar surface area (TPSA) is 12.4 Å². The van der Waals surface area contributed by atoms with Crippen LogP contribution < -0.4 is 0 Å². The number of rotatable bonds is 2. The van der Waals surface area contributed by atoms with Crippen molar-refractivity contribution in [2.75, 3.05) is 0 Å². The van der Waals surface area contributed by atoms with Crippen molar-refractivity contribution in [1.82, 2.24) is 0 Å². The predicted molar refractivity (Wildman–Crippen MR) is 67.4 cm³/mol. The number of nitrogens with zero attached hydrogens (tertiary/aromatic N) is 1. The molecule has 1 aliphatic heterocycles. The summed E-state index contributed by atoms with van der Waals surface area (Å²) in [7, 11) is 0. The second-order valence-electron chi connectivity index (χ2n) is 3.44. The maximum atomic E-state index is 4.08. The van der Waals surface area contributed by atoms with Gasteiger partial charge in [0, 0.05) is 17.3 Å². The summed E-state index contributed by atoms with van der Waals surface area (Å²) in [6, 6.07) is 8.60. The van der Waals surface area contributed by atoms with E-state index in [1.807, 2.05) is 12.4 Å². The Morgan fingerprint density at radius 3 is 2.80 bits per heavy atom. The van der Waals surface area contributed by atoms with E-state index < -0.39 is 0 Å². The first-order valence-corrected chi connectivity index (χ1v) is 5.78. The van der Waals surface area contributed by atoms with Crippen LogP contribution in [-0.4, -0.2) is 6.21 Å². The lowest BCUT2D eigenvalue weighted by Gasteiger charge is -2.03. The van der Waals surface area contributed by atoms with E-state index in [1.54, 1.807) is 11.8 Å². The summed E-state index contributed by atoms with van der Waals surface area (Å²) in [6.45, 7) is 2.11. The maximum Gasteiger partial charge on any atom is 0.0275 e. The van der Waals surface area contributed by atoms with Crippen LogP contribution in [0.4, 0.5) is 0 Å². The van der Waals surface area contributed by atoms with Crippen molar-refractivity contribution < 1.29 is 0 Å². The summed E-state index contributed by atoms with van der Waals surface area (Å²) in [5.74, 6) is 0. The fourth-order valence-electron chi connectivity index (χ4n) is 1.31. The van der Waals surface area contributed by atoms with Gasteiger partial charge in [0.1, 0.15) is 0 Å². The normalized spacial score (nSPS) is 14.9. The van der Waals surface area contributed by atoms with Gasteiger partial charge in [-0.25, -0.2) is 0 Å². The molecule has 0 atom stereocenters. The fourth-order valence-corrected chi connectivity index (χ4v) is 2.19. The number of hydrogen-bond donors (Lipinski definition) is 0. The van der Waals surface area contributed by atoms with Gasteiger partial charge in [0.05, 0.1) is 0 Å². The Morgan fingerprint density at radius 1 is 1.20 bits per heavy atom. The van der Waals surface area contributed by atoms with Crippen molar-refractivity contribution in [3.8, 4) is 0 Å². The predicted octanol–water partition coefficient (Wildman–Crippen LogP) is 3.96. The Bertz CT molecular complexity index is 413. The minimum Gasteiger partial charge on any atom is -0.265 e.